The van der Waals surface area contributed by atoms with E-state index in [0.717, 1.165) is 5.56 Å². The number of esters is 1. The lowest BCUT2D eigenvalue weighted by molar-refractivity contribution is -0.153. The van der Waals surface area contributed by atoms with E-state index in [4.69, 9.17) is 4.74 Å². The fourth-order valence-corrected chi connectivity index (χ4v) is 5.47. The number of sulfonamides is 1. The van der Waals surface area contributed by atoms with Gasteiger partial charge in [0.2, 0.25) is 10.0 Å². The van der Waals surface area contributed by atoms with Gasteiger partial charge in [-0.1, -0.05) is 38.5 Å². The third-order valence-corrected chi connectivity index (χ3v) is 7.04. The lowest BCUT2D eigenvalue weighted by atomic mass is 9.91. The number of rotatable bonds is 5. The Morgan fingerprint density at radius 3 is 2.22 bits per heavy atom. The second kappa shape index (κ2) is 7.72. The van der Waals surface area contributed by atoms with Crippen molar-refractivity contribution >= 4 is 21.8 Å². The average molecular weight is 396 g/mol. The Bertz CT molecular complexity index is 829. The molecular formula is C20H29NO5S. The number of nitrogens with zero attached hydrogens (tertiary/aromatic N) is 1. The van der Waals surface area contributed by atoms with Gasteiger partial charge in [0.25, 0.3) is 0 Å². The number of hydrogen-bond acceptors (Lipinski definition) is 5. The SMILES string of the molecule is Cc1cc(C)c(S(=O)(=O)N2CCCC2C(=O)OCC(=O)C(C)(C)C)c(C)c1. The average Bonchev–Trinajstić information content (AvgIpc) is 3.00. The molecule has 0 bridgehead atoms. The van der Waals surface area contributed by atoms with E-state index in [1.807, 2.05) is 19.1 Å². The zero-order chi connectivity index (χ0) is 20.6. The van der Waals surface area contributed by atoms with Crippen LogP contribution in [0.3, 0.4) is 0 Å². The molecule has 1 heterocycles. The van der Waals surface area contributed by atoms with Crippen LogP contribution in [0.4, 0.5) is 0 Å². The van der Waals surface area contributed by atoms with Crippen molar-refractivity contribution in [2.45, 2.75) is 65.3 Å². The van der Waals surface area contributed by atoms with Crippen LogP contribution < -0.4 is 0 Å². The molecule has 7 heteroatoms. The summed E-state index contributed by atoms with van der Waals surface area (Å²) >= 11 is 0. The molecule has 6 nitrogen and oxygen atoms in total. The van der Waals surface area contributed by atoms with Crippen LogP contribution in [0.1, 0.15) is 50.3 Å². The summed E-state index contributed by atoms with van der Waals surface area (Å²) < 4.78 is 32.9. The van der Waals surface area contributed by atoms with Gasteiger partial charge in [-0.2, -0.15) is 4.31 Å². The van der Waals surface area contributed by atoms with Gasteiger partial charge in [0.15, 0.2) is 12.4 Å². The molecular weight excluding hydrogens is 366 g/mol. The highest BCUT2D eigenvalue weighted by Gasteiger charge is 2.41. The van der Waals surface area contributed by atoms with Crippen molar-refractivity contribution in [3.8, 4) is 0 Å². The third-order valence-electron chi connectivity index (χ3n) is 4.83. The van der Waals surface area contributed by atoms with Crippen molar-refractivity contribution < 1.29 is 22.7 Å². The Morgan fingerprint density at radius 1 is 1.15 bits per heavy atom. The first kappa shape index (κ1) is 21.6. The molecule has 0 aromatic heterocycles. The monoisotopic (exact) mass is 395 g/mol. The molecule has 1 aliphatic rings. The zero-order valence-electron chi connectivity index (χ0n) is 17.0. The second-order valence-electron chi connectivity index (χ2n) is 8.28. The van der Waals surface area contributed by atoms with Gasteiger partial charge in [-0.05, 0) is 44.7 Å². The molecule has 150 valence electrons. The van der Waals surface area contributed by atoms with Crippen molar-refractivity contribution in [3.63, 3.8) is 0 Å². The Morgan fingerprint density at radius 2 is 1.70 bits per heavy atom. The number of Topliss-reactive ketones (excluding diaryl/α,β-unsaturated/α-hetero) is 1. The summed E-state index contributed by atoms with van der Waals surface area (Å²) in [6.07, 6.45) is 0.974. The van der Waals surface area contributed by atoms with Crippen molar-refractivity contribution in [2.24, 2.45) is 5.41 Å². The maximum Gasteiger partial charge on any atom is 0.324 e. The first-order valence-electron chi connectivity index (χ1n) is 9.15. The Balaban J connectivity index is 2.25. The number of carbonyl (C=O) groups excluding carboxylic acids is 2. The van der Waals surface area contributed by atoms with Crippen molar-refractivity contribution in [1.29, 1.82) is 0 Å². The molecule has 0 radical (unpaired) electrons. The Labute approximate surface area is 161 Å². The standard InChI is InChI=1S/C20H29NO5S/c1-13-10-14(2)18(15(3)11-13)27(24,25)21-9-7-8-16(21)19(23)26-12-17(22)20(4,5)6/h10-11,16H,7-9,12H2,1-6H3. The van der Waals surface area contributed by atoms with Crippen LogP contribution in [-0.2, 0) is 24.3 Å². The summed E-state index contributed by atoms with van der Waals surface area (Å²) in [6, 6.07) is 2.76. The summed E-state index contributed by atoms with van der Waals surface area (Å²) in [4.78, 5) is 24.8. The lowest BCUT2D eigenvalue weighted by Crippen LogP contribution is -2.42. The van der Waals surface area contributed by atoms with Crippen LogP contribution >= 0.6 is 0 Å². The van der Waals surface area contributed by atoms with Crippen LogP contribution in [0.25, 0.3) is 0 Å². The van der Waals surface area contributed by atoms with Crippen molar-refractivity contribution in [1.82, 2.24) is 4.31 Å². The summed E-state index contributed by atoms with van der Waals surface area (Å²) in [6.45, 7) is 10.6. The Kier molecular flexibility index (Phi) is 6.16. The van der Waals surface area contributed by atoms with Gasteiger partial charge in [0, 0.05) is 12.0 Å². The minimum absolute atomic E-state index is 0.200. The number of aryl methyl sites for hydroxylation is 3. The summed E-state index contributed by atoms with van der Waals surface area (Å²) in [5.41, 5.74) is 1.70. The van der Waals surface area contributed by atoms with Crippen LogP contribution in [-0.4, -0.2) is 43.7 Å². The van der Waals surface area contributed by atoms with E-state index in [9.17, 15) is 18.0 Å². The molecule has 27 heavy (non-hydrogen) atoms. The molecule has 1 saturated heterocycles. The van der Waals surface area contributed by atoms with Crippen LogP contribution in [0.2, 0.25) is 0 Å². The highest BCUT2D eigenvalue weighted by Crippen LogP contribution is 2.31. The number of ether oxygens (including phenoxy) is 1. The first-order chi connectivity index (χ1) is 12.4. The predicted octanol–water partition coefficient (Wildman–Crippen LogP) is 2.92. The molecule has 1 aromatic carbocycles. The molecule has 1 unspecified atom stereocenters. The van der Waals surface area contributed by atoms with E-state index in [-0.39, 0.29) is 23.8 Å². The molecule has 0 N–H and O–H groups in total. The highest BCUT2D eigenvalue weighted by molar-refractivity contribution is 7.89. The highest BCUT2D eigenvalue weighted by atomic mass is 32.2. The van der Waals surface area contributed by atoms with Gasteiger partial charge in [-0.25, -0.2) is 8.42 Å². The minimum atomic E-state index is -3.83. The number of ketones is 1. The third kappa shape index (κ3) is 4.58. The Hall–Kier alpha value is -1.73. The van der Waals surface area contributed by atoms with E-state index in [0.29, 0.717) is 24.0 Å². The van der Waals surface area contributed by atoms with E-state index >= 15 is 0 Å². The molecule has 0 saturated carbocycles. The van der Waals surface area contributed by atoms with Gasteiger partial charge in [0.1, 0.15) is 6.04 Å². The smallest absolute Gasteiger partial charge is 0.324 e. The maximum absolute atomic E-state index is 13.3. The van der Waals surface area contributed by atoms with Gasteiger partial charge in [-0.15, -0.1) is 0 Å². The quantitative estimate of drug-likeness (QED) is 0.716. The van der Waals surface area contributed by atoms with Crippen LogP contribution in [0.5, 0.6) is 0 Å². The topological polar surface area (TPSA) is 80.8 Å². The molecule has 2 rings (SSSR count). The molecule has 1 fully saturated rings. The van der Waals surface area contributed by atoms with Crippen molar-refractivity contribution in [2.75, 3.05) is 13.2 Å². The molecule has 1 aliphatic heterocycles. The zero-order valence-corrected chi connectivity index (χ0v) is 17.8. The van der Waals surface area contributed by atoms with Crippen molar-refractivity contribution in [3.05, 3.63) is 28.8 Å². The van der Waals surface area contributed by atoms with Gasteiger partial charge >= 0.3 is 5.97 Å². The number of benzene rings is 1. The van der Waals surface area contributed by atoms with Crippen LogP contribution in [0, 0.1) is 26.2 Å². The molecule has 1 aromatic rings. The minimum Gasteiger partial charge on any atom is -0.456 e. The first-order valence-corrected chi connectivity index (χ1v) is 10.6. The summed E-state index contributed by atoms with van der Waals surface area (Å²) in [7, 11) is -3.83. The number of carbonyl (C=O) groups is 2. The van der Waals surface area contributed by atoms with Crippen LogP contribution in [0.15, 0.2) is 17.0 Å². The fraction of sp³-hybridized carbons (Fsp3) is 0.600. The van der Waals surface area contributed by atoms with E-state index in [1.54, 1.807) is 34.6 Å². The predicted molar refractivity (Wildman–Crippen MR) is 103 cm³/mol. The van der Waals surface area contributed by atoms with E-state index in [1.165, 1.54) is 4.31 Å². The molecule has 0 spiro atoms. The number of hydrogen-bond donors (Lipinski definition) is 0. The summed E-state index contributed by atoms with van der Waals surface area (Å²) in [5, 5.41) is 0. The second-order valence-corrected chi connectivity index (χ2v) is 10.1. The normalized spacial score (nSPS) is 18.5. The lowest BCUT2D eigenvalue weighted by Gasteiger charge is -2.25. The van der Waals surface area contributed by atoms with Gasteiger partial charge in [0.05, 0.1) is 4.90 Å². The maximum atomic E-state index is 13.3. The van der Waals surface area contributed by atoms with E-state index < -0.39 is 27.4 Å². The van der Waals surface area contributed by atoms with E-state index in [2.05, 4.69) is 0 Å². The molecule has 0 amide bonds. The molecule has 0 aliphatic carbocycles. The summed E-state index contributed by atoms with van der Waals surface area (Å²) in [5.74, 6) is -0.857. The molecule has 1 atom stereocenters. The van der Waals surface area contributed by atoms with Gasteiger partial charge < -0.3 is 4.74 Å². The van der Waals surface area contributed by atoms with Gasteiger partial charge in [-0.3, -0.25) is 9.59 Å². The fourth-order valence-electron chi connectivity index (χ4n) is 3.40. The largest absolute Gasteiger partial charge is 0.456 e.